The predicted molar refractivity (Wildman–Crippen MR) is 138 cm³/mol. The Bertz CT molecular complexity index is 1340. The van der Waals surface area contributed by atoms with E-state index >= 15 is 0 Å². The molecule has 0 saturated carbocycles. The summed E-state index contributed by atoms with van der Waals surface area (Å²) >= 11 is 0. The van der Waals surface area contributed by atoms with Crippen LogP contribution in [0.1, 0.15) is 39.4 Å². The SMILES string of the molecule is Cl.O=C(O)c1cc(F)cc([C@@H]2C[C@H](CNCCc3cccc4ccccc34)Oc3ccccc32)c1. The van der Waals surface area contributed by atoms with Crippen molar-refractivity contribution in [1.29, 1.82) is 0 Å². The zero-order valence-electron chi connectivity index (χ0n) is 19.1. The fourth-order valence-electron chi connectivity index (χ4n) is 4.87. The Labute approximate surface area is 210 Å². The average Bonchev–Trinajstić information content (AvgIpc) is 2.85. The summed E-state index contributed by atoms with van der Waals surface area (Å²) in [4.78, 5) is 11.5. The number of carboxylic acid groups (broad SMARTS) is 1. The molecule has 2 N–H and O–H groups in total. The monoisotopic (exact) mass is 491 g/mol. The Kier molecular flexibility index (Phi) is 7.69. The lowest BCUT2D eigenvalue weighted by atomic mass is 9.83. The van der Waals surface area contributed by atoms with Crippen molar-refractivity contribution in [1.82, 2.24) is 5.32 Å². The van der Waals surface area contributed by atoms with Crippen LogP contribution in [-0.2, 0) is 6.42 Å². The summed E-state index contributed by atoms with van der Waals surface area (Å²) in [5.41, 5.74) is 2.88. The summed E-state index contributed by atoms with van der Waals surface area (Å²) < 4.78 is 20.5. The molecule has 0 unspecified atom stereocenters. The normalized spacial score (nSPS) is 16.7. The van der Waals surface area contributed by atoms with Crippen LogP contribution in [0.25, 0.3) is 10.8 Å². The third kappa shape index (κ3) is 5.47. The number of fused-ring (bicyclic) bond motifs is 2. The fraction of sp³-hybridized carbons (Fsp3) is 0.207. The second kappa shape index (κ2) is 10.9. The van der Waals surface area contributed by atoms with E-state index in [2.05, 4.69) is 47.8 Å². The number of rotatable bonds is 7. The highest BCUT2D eigenvalue weighted by Gasteiger charge is 2.30. The molecule has 0 bridgehead atoms. The number of carboxylic acids is 1. The predicted octanol–water partition coefficient (Wildman–Crippen LogP) is 6.21. The smallest absolute Gasteiger partial charge is 0.335 e. The van der Waals surface area contributed by atoms with Gasteiger partial charge >= 0.3 is 5.97 Å². The molecule has 0 aromatic heterocycles. The van der Waals surface area contributed by atoms with Crippen LogP contribution in [0.4, 0.5) is 4.39 Å². The number of halogens is 2. The standard InChI is InChI=1S/C29H26FNO3.ClH/c30-23-15-21(14-22(16-23)29(32)33)27-17-24(34-28-11-4-3-10-26(27)28)18-31-13-12-20-8-5-7-19-6-1-2-9-25(19)20;/h1-11,14-16,24,27,31H,12-13,17-18H2,(H,32,33);1H/t24-,27+;/m1./s1. The maximum Gasteiger partial charge on any atom is 0.335 e. The molecule has 1 heterocycles. The minimum atomic E-state index is -1.13. The number of para-hydroxylation sites is 1. The maximum atomic E-state index is 14.2. The molecule has 0 spiro atoms. The van der Waals surface area contributed by atoms with Crippen molar-refractivity contribution in [2.75, 3.05) is 13.1 Å². The van der Waals surface area contributed by atoms with E-state index in [4.69, 9.17) is 4.74 Å². The van der Waals surface area contributed by atoms with E-state index in [-0.39, 0.29) is 30.0 Å². The summed E-state index contributed by atoms with van der Waals surface area (Å²) in [6.07, 6.45) is 1.43. The van der Waals surface area contributed by atoms with Crippen LogP contribution in [0.15, 0.2) is 84.9 Å². The molecule has 0 fully saturated rings. The Hall–Kier alpha value is -3.41. The van der Waals surface area contributed by atoms with Crippen LogP contribution in [0.5, 0.6) is 5.75 Å². The van der Waals surface area contributed by atoms with Gasteiger partial charge in [0, 0.05) is 18.0 Å². The molecule has 5 rings (SSSR count). The van der Waals surface area contributed by atoms with Crippen molar-refractivity contribution < 1.29 is 19.0 Å². The van der Waals surface area contributed by atoms with Crippen LogP contribution in [-0.4, -0.2) is 30.3 Å². The molecule has 180 valence electrons. The second-order valence-electron chi connectivity index (χ2n) is 8.74. The van der Waals surface area contributed by atoms with Gasteiger partial charge in [0.25, 0.3) is 0 Å². The summed E-state index contributed by atoms with van der Waals surface area (Å²) in [5.74, 6) is -1.04. The van der Waals surface area contributed by atoms with E-state index in [0.717, 1.165) is 30.3 Å². The lowest BCUT2D eigenvalue weighted by Gasteiger charge is -2.33. The van der Waals surface area contributed by atoms with Crippen LogP contribution in [0, 0.1) is 5.82 Å². The molecular weight excluding hydrogens is 465 g/mol. The van der Waals surface area contributed by atoms with Crippen LogP contribution >= 0.6 is 12.4 Å². The number of hydrogen-bond acceptors (Lipinski definition) is 3. The molecule has 4 aromatic carbocycles. The molecule has 4 aromatic rings. The van der Waals surface area contributed by atoms with Gasteiger partial charge < -0.3 is 15.2 Å². The zero-order chi connectivity index (χ0) is 23.5. The number of hydrogen-bond donors (Lipinski definition) is 2. The van der Waals surface area contributed by atoms with Crippen molar-refractivity contribution in [3.8, 4) is 5.75 Å². The van der Waals surface area contributed by atoms with Gasteiger partial charge in [0.05, 0.1) is 5.56 Å². The number of benzene rings is 4. The van der Waals surface area contributed by atoms with Gasteiger partial charge in [-0.25, -0.2) is 9.18 Å². The largest absolute Gasteiger partial charge is 0.489 e. The third-order valence-electron chi connectivity index (χ3n) is 6.48. The summed E-state index contributed by atoms with van der Waals surface area (Å²) in [5, 5.41) is 15.4. The molecule has 0 saturated heterocycles. The van der Waals surface area contributed by atoms with Gasteiger partial charge in [0.1, 0.15) is 17.7 Å². The van der Waals surface area contributed by atoms with Gasteiger partial charge in [0.2, 0.25) is 0 Å². The van der Waals surface area contributed by atoms with Gasteiger partial charge in [-0.15, -0.1) is 12.4 Å². The third-order valence-corrected chi connectivity index (χ3v) is 6.48. The topological polar surface area (TPSA) is 58.6 Å². The number of aromatic carboxylic acids is 1. The molecule has 0 amide bonds. The number of nitrogens with one attached hydrogen (secondary N) is 1. The van der Waals surface area contributed by atoms with Gasteiger partial charge in [0.15, 0.2) is 0 Å². The molecule has 6 heteroatoms. The highest BCUT2D eigenvalue weighted by Crippen LogP contribution is 2.40. The van der Waals surface area contributed by atoms with Crippen LogP contribution in [0.2, 0.25) is 0 Å². The highest BCUT2D eigenvalue weighted by atomic mass is 35.5. The Morgan fingerprint density at radius 2 is 1.77 bits per heavy atom. The van der Waals surface area contributed by atoms with Crippen molar-refractivity contribution in [3.63, 3.8) is 0 Å². The van der Waals surface area contributed by atoms with Crippen LogP contribution < -0.4 is 10.1 Å². The number of carbonyl (C=O) groups is 1. The summed E-state index contributed by atoms with van der Waals surface area (Å²) in [6, 6.07) is 26.6. The Balaban J connectivity index is 0.00000289. The molecule has 4 nitrogen and oxygen atoms in total. The lowest BCUT2D eigenvalue weighted by Crippen LogP contribution is -2.36. The van der Waals surface area contributed by atoms with E-state index in [1.165, 1.54) is 22.4 Å². The van der Waals surface area contributed by atoms with Crippen molar-refractivity contribution in [3.05, 3.63) is 113 Å². The maximum absolute atomic E-state index is 14.2. The van der Waals surface area contributed by atoms with E-state index in [0.29, 0.717) is 18.5 Å². The minimum absolute atomic E-state index is 0. The quantitative estimate of drug-likeness (QED) is 0.301. The second-order valence-corrected chi connectivity index (χ2v) is 8.74. The fourth-order valence-corrected chi connectivity index (χ4v) is 4.87. The van der Waals surface area contributed by atoms with Crippen molar-refractivity contribution in [2.24, 2.45) is 0 Å². The first kappa shape index (κ1) is 24.7. The van der Waals surface area contributed by atoms with Gasteiger partial charge in [-0.2, -0.15) is 0 Å². The van der Waals surface area contributed by atoms with E-state index in [9.17, 15) is 14.3 Å². The Morgan fingerprint density at radius 1 is 1.00 bits per heavy atom. The van der Waals surface area contributed by atoms with E-state index < -0.39 is 11.8 Å². The summed E-state index contributed by atoms with van der Waals surface area (Å²) in [7, 11) is 0. The average molecular weight is 492 g/mol. The van der Waals surface area contributed by atoms with Crippen LogP contribution in [0.3, 0.4) is 0 Å². The van der Waals surface area contributed by atoms with Gasteiger partial charge in [-0.05, 0) is 65.6 Å². The lowest BCUT2D eigenvalue weighted by molar-refractivity contribution is 0.0696. The molecule has 2 atom stereocenters. The summed E-state index contributed by atoms with van der Waals surface area (Å²) in [6.45, 7) is 1.46. The highest BCUT2D eigenvalue weighted by molar-refractivity contribution is 5.88. The van der Waals surface area contributed by atoms with Crippen molar-refractivity contribution in [2.45, 2.75) is 24.9 Å². The molecular formula is C29H27ClFNO3. The minimum Gasteiger partial charge on any atom is -0.489 e. The van der Waals surface area contributed by atoms with E-state index in [1.54, 1.807) is 6.07 Å². The number of ether oxygens (including phenoxy) is 1. The molecule has 0 aliphatic carbocycles. The molecule has 1 aliphatic heterocycles. The molecule has 0 radical (unpaired) electrons. The Morgan fingerprint density at radius 3 is 2.63 bits per heavy atom. The van der Waals surface area contributed by atoms with Gasteiger partial charge in [-0.1, -0.05) is 60.7 Å². The first-order valence-electron chi connectivity index (χ1n) is 11.6. The molecule has 35 heavy (non-hydrogen) atoms. The molecule has 1 aliphatic rings. The first-order chi connectivity index (χ1) is 16.6. The van der Waals surface area contributed by atoms with Gasteiger partial charge in [-0.3, -0.25) is 0 Å². The van der Waals surface area contributed by atoms with E-state index in [1.807, 2.05) is 24.3 Å². The first-order valence-corrected chi connectivity index (χ1v) is 11.6. The zero-order valence-corrected chi connectivity index (χ0v) is 19.9. The van der Waals surface area contributed by atoms with Crippen molar-refractivity contribution >= 4 is 29.1 Å².